The minimum absolute atomic E-state index is 1.35. The van der Waals surface area contributed by atoms with Crippen molar-refractivity contribution in [3.63, 3.8) is 0 Å². The van der Waals surface area contributed by atoms with Crippen LogP contribution in [0.1, 0.15) is 177 Å². The van der Waals surface area contributed by atoms with Crippen LogP contribution in [0.25, 0.3) is 0 Å². The van der Waals surface area contributed by atoms with Crippen molar-refractivity contribution in [2.24, 2.45) is 0 Å². The second-order valence-corrected chi connectivity index (χ2v) is 12.4. The first-order chi connectivity index (χ1) is 18.0. The monoisotopic (exact) mass is 527 g/mol. The zero-order valence-corrected chi connectivity index (χ0v) is 28.0. The molecule has 37 heavy (non-hydrogen) atoms. The Kier molecular flexibility index (Phi) is 30.5. The van der Waals surface area contributed by atoms with Gasteiger partial charge in [-0.05, 0) is 64.2 Å². The second kappa shape index (κ2) is 28.9. The fourth-order valence-electron chi connectivity index (χ4n) is 5.87. The number of unbranched alkanes of at least 4 members (excludes halogenated alkanes) is 11. The van der Waals surface area contributed by atoms with E-state index in [-0.39, 0.29) is 0 Å². The molecule has 0 rings (SSSR count). The minimum atomic E-state index is 1.35. The highest BCUT2D eigenvalue weighted by molar-refractivity contribution is 4.51. The van der Waals surface area contributed by atoms with Crippen molar-refractivity contribution < 1.29 is 8.97 Å². The van der Waals surface area contributed by atoms with Crippen LogP contribution in [-0.4, -0.2) is 61.3 Å². The zero-order valence-electron chi connectivity index (χ0n) is 28.0. The van der Waals surface area contributed by atoms with Gasteiger partial charge in [0.05, 0.1) is 52.4 Å². The molecule has 0 unspecified atom stereocenters. The highest BCUT2D eigenvalue weighted by Gasteiger charge is 2.26. The molecule has 0 aliphatic rings. The number of nitrogens with zero attached hydrogens (tertiary/aromatic N) is 2. The normalized spacial score (nSPS) is 12.0. The third kappa shape index (κ3) is 22.4. The topological polar surface area (TPSA) is 0 Å². The molecule has 0 heterocycles. The number of quaternary nitrogens is 2. The number of hydrogen-bond donors (Lipinski definition) is 0. The largest absolute Gasteiger partial charge is 0.324 e. The van der Waals surface area contributed by atoms with Gasteiger partial charge in [0.15, 0.2) is 0 Å². The molecule has 2 nitrogen and oxygen atoms in total. The maximum absolute atomic E-state index is 2.34. The van der Waals surface area contributed by atoms with Gasteiger partial charge in [-0.15, -0.1) is 0 Å². The average Bonchev–Trinajstić information content (AvgIpc) is 2.92. The third-order valence-electron chi connectivity index (χ3n) is 8.64. The molecule has 2 heteroatoms. The van der Waals surface area contributed by atoms with Gasteiger partial charge in [-0.3, -0.25) is 0 Å². The summed E-state index contributed by atoms with van der Waals surface area (Å²) < 4.78 is 2.86. The second-order valence-electron chi connectivity index (χ2n) is 12.4. The van der Waals surface area contributed by atoms with E-state index in [0.29, 0.717) is 0 Å². The van der Waals surface area contributed by atoms with Crippen LogP contribution < -0.4 is 0 Å². The predicted octanol–water partition coefficient (Wildman–Crippen LogP) is 11.2. The van der Waals surface area contributed by atoms with Gasteiger partial charge in [0, 0.05) is 0 Å². The summed E-state index contributed by atoms with van der Waals surface area (Å²) in [7, 11) is 0. The Balaban J connectivity index is 0. The molecule has 0 radical (unpaired) electrons. The van der Waals surface area contributed by atoms with Crippen molar-refractivity contribution in [3.8, 4) is 0 Å². The molecule has 0 atom stereocenters. The summed E-state index contributed by atoms with van der Waals surface area (Å²) in [6.45, 7) is 30.1. The first kappa shape index (κ1) is 39.1. The van der Waals surface area contributed by atoms with Gasteiger partial charge in [-0.2, -0.15) is 0 Å². The molecule has 0 saturated heterocycles. The number of rotatable bonds is 27. The molecule has 0 saturated carbocycles. The van der Waals surface area contributed by atoms with E-state index in [1.165, 1.54) is 183 Å². The van der Waals surface area contributed by atoms with Crippen LogP contribution in [0, 0.1) is 0 Å². The zero-order chi connectivity index (χ0) is 28.1. The summed E-state index contributed by atoms with van der Waals surface area (Å²) >= 11 is 0. The lowest BCUT2D eigenvalue weighted by Crippen LogP contribution is -2.50. The molecular formula is C35H78N2+2. The molecule has 0 aromatic carbocycles. The van der Waals surface area contributed by atoms with Crippen molar-refractivity contribution in [3.05, 3.63) is 0 Å². The predicted molar refractivity (Wildman–Crippen MR) is 173 cm³/mol. The summed E-state index contributed by atoms with van der Waals surface area (Å²) in [6, 6.07) is 0. The van der Waals surface area contributed by atoms with Crippen LogP contribution in [0.2, 0.25) is 0 Å². The average molecular weight is 527 g/mol. The van der Waals surface area contributed by atoms with Gasteiger partial charge >= 0.3 is 0 Å². The molecule has 0 aromatic rings. The van der Waals surface area contributed by atoms with E-state index < -0.39 is 0 Å². The van der Waals surface area contributed by atoms with E-state index in [1.54, 1.807) is 0 Å². The molecule has 0 aromatic heterocycles. The summed E-state index contributed by atoms with van der Waals surface area (Å²) in [5.41, 5.74) is 0. The Morgan fingerprint density at radius 2 is 0.405 bits per heavy atom. The molecule has 226 valence electrons. The quantitative estimate of drug-likeness (QED) is 0.0737. The van der Waals surface area contributed by atoms with Gasteiger partial charge in [0.25, 0.3) is 0 Å². The van der Waals surface area contributed by atoms with E-state index in [9.17, 15) is 0 Å². The van der Waals surface area contributed by atoms with E-state index in [4.69, 9.17) is 0 Å². The lowest BCUT2D eigenvalue weighted by atomic mass is 10.1. The molecule has 0 fully saturated rings. The highest BCUT2D eigenvalue weighted by Crippen LogP contribution is 2.18. The van der Waals surface area contributed by atoms with Crippen molar-refractivity contribution in [2.45, 2.75) is 177 Å². The smallest absolute Gasteiger partial charge is 0.0786 e. The third-order valence-corrected chi connectivity index (χ3v) is 8.64. The minimum Gasteiger partial charge on any atom is -0.324 e. The van der Waals surface area contributed by atoms with Crippen LogP contribution in [-0.2, 0) is 0 Å². The Bertz CT molecular complexity index is 376. The Hall–Kier alpha value is -0.0800. The molecule has 0 N–H and O–H groups in total. The van der Waals surface area contributed by atoms with Crippen LogP contribution in [0.3, 0.4) is 0 Å². The maximum atomic E-state index is 2.34. The first-order valence-electron chi connectivity index (χ1n) is 17.7. The van der Waals surface area contributed by atoms with E-state index >= 15 is 0 Å². The highest BCUT2D eigenvalue weighted by atomic mass is 15.4. The first-order valence-corrected chi connectivity index (χ1v) is 17.7. The Labute approximate surface area is 238 Å². The summed E-state index contributed by atoms with van der Waals surface area (Å²) in [5, 5.41) is 0. The van der Waals surface area contributed by atoms with Crippen LogP contribution in [0.5, 0.6) is 0 Å². The summed E-state index contributed by atoms with van der Waals surface area (Å²) in [5.74, 6) is 0. The van der Waals surface area contributed by atoms with Crippen molar-refractivity contribution in [2.75, 3.05) is 52.4 Å². The van der Waals surface area contributed by atoms with Crippen molar-refractivity contribution in [1.29, 1.82) is 0 Å². The molecular weight excluding hydrogens is 448 g/mol. The lowest BCUT2D eigenvalue weighted by Gasteiger charge is -2.39. The fourth-order valence-corrected chi connectivity index (χ4v) is 5.87. The van der Waals surface area contributed by atoms with E-state index in [1.807, 2.05) is 0 Å². The molecule has 0 aliphatic heterocycles. The van der Waals surface area contributed by atoms with Crippen LogP contribution >= 0.6 is 0 Å². The van der Waals surface area contributed by atoms with Gasteiger partial charge in [0.2, 0.25) is 0 Å². The molecule has 0 spiro atoms. The Morgan fingerprint density at radius 1 is 0.216 bits per heavy atom. The van der Waals surface area contributed by atoms with Gasteiger partial charge in [0.1, 0.15) is 0 Å². The van der Waals surface area contributed by atoms with Gasteiger partial charge in [-0.25, -0.2) is 0 Å². The SMILES string of the molecule is CCCCCC[N+](CCCC)(CCCC)CCCC.CCCCC[N+](CCCC)(CCCC)CCCC. The van der Waals surface area contributed by atoms with Crippen molar-refractivity contribution >= 4 is 0 Å². The molecule has 0 bridgehead atoms. The van der Waals surface area contributed by atoms with Crippen LogP contribution in [0.15, 0.2) is 0 Å². The van der Waals surface area contributed by atoms with Gasteiger partial charge in [-0.1, -0.05) is 113 Å². The summed E-state index contributed by atoms with van der Waals surface area (Å²) in [4.78, 5) is 0. The fraction of sp³-hybridized carbons (Fsp3) is 1.00. The molecule has 0 amide bonds. The van der Waals surface area contributed by atoms with Crippen molar-refractivity contribution in [1.82, 2.24) is 0 Å². The lowest BCUT2D eigenvalue weighted by molar-refractivity contribution is -0.929. The van der Waals surface area contributed by atoms with E-state index in [0.717, 1.165) is 0 Å². The van der Waals surface area contributed by atoms with Gasteiger partial charge < -0.3 is 8.97 Å². The van der Waals surface area contributed by atoms with Crippen LogP contribution in [0.4, 0.5) is 0 Å². The Morgan fingerprint density at radius 3 is 0.649 bits per heavy atom. The molecule has 0 aliphatic carbocycles. The van der Waals surface area contributed by atoms with E-state index in [2.05, 4.69) is 55.4 Å². The summed E-state index contributed by atoms with van der Waals surface area (Å²) in [6.07, 6.45) is 26.5. The number of hydrogen-bond acceptors (Lipinski definition) is 0. The maximum Gasteiger partial charge on any atom is 0.0786 e. The standard InChI is InChI=1S/C18H40N.C17H38N/c1-5-9-13-14-18-19(15-10-6-2,16-11-7-3)17-12-8-4;1-5-9-13-17-18(14-10-6-2,15-11-7-3)16-12-8-4/h5-18H2,1-4H3;5-17H2,1-4H3/q2*+1.